The van der Waals surface area contributed by atoms with Gasteiger partial charge in [-0.05, 0) is 25.7 Å². The first-order chi connectivity index (χ1) is 7.63. The Labute approximate surface area is 153 Å². The van der Waals surface area contributed by atoms with E-state index in [0.717, 1.165) is 38.5 Å². The minimum atomic E-state index is -0.970. The van der Waals surface area contributed by atoms with Crippen LogP contribution in [0.2, 0.25) is 0 Å². The molecule has 0 fully saturated rings. The summed E-state index contributed by atoms with van der Waals surface area (Å²) >= 11 is 0. The van der Waals surface area contributed by atoms with Gasteiger partial charge in [-0.3, -0.25) is 0 Å². The first-order valence-corrected chi connectivity index (χ1v) is 6.02. The molecule has 0 spiro atoms. The van der Waals surface area contributed by atoms with Crippen LogP contribution in [0.25, 0.3) is 0 Å². The van der Waals surface area contributed by atoms with Gasteiger partial charge < -0.3 is 19.8 Å². The fraction of sp³-hybridized carbons (Fsp3) is 0.833. The van der Waals surface area contributed by atoms with Crippen LogP contribution in [0.1, 0.15) is 64.2 Å². The Morgan fingerprint density at radius 3 is 1.00 bits per heavy atom. The van der Waals surface area contributed by atoms with Gasteiger partial charge in [0, 0.05) is 11.9 Å². The molecule has 94 valence electrons. The van der Waals surface area contributed by atoms with Gasteiger partial charge in [-0.2, -0.15) is 0 Å². The van der Waals surface area contributed by atoms with Crippen LogP contribution in [0, 0.1) is 0 Å². The number of aliphatic carboxylic acids is 2. The van der Waals surface area contributed by atoms with Crippen LogP contribution in [-0.2, 0) is 9.59 Å². The number of unbranched alkanes of at least 4 members (excludes halogenated alkanes) is 7. The van der Waals surface area contributed by atoms with Gasteiger partial charge in [0.05, 0.1) is 0 Å². The van der Waals surface area contributed by atoms with Crippen molar-refractivity contribution in [1.29, 1.82) is 0 Å². The Kier molecular flexibility index (Phi) is 23.9. The largest absolute Gasteiger partial charge is 1.00 e. The fourth-order valence-electron chi connectivity index (χ4n) is 1.60. The molecule has 0 N–H and O–H groups in total. The van der Waals surface area contributed by atoms with E-state index < -0.39 is 11.9 Å². The minimum Gasteiger partial charge on any atom is -0.550 e. The van der Waals surface area contributed by atoms with Crippen molar-refractivity contribution < 1.29 is 78.9 Å². The van der Waals surface area contributed by atoms with E-state index in [9.17, 15) is 19.8 Å². The molecule has 0 bridgehead atoms. The summed E-state index contributed by atoms with van der Waals surface area (Å²) in [5.74, 6) is -1.94. The third kappa shape index (κ3) is 22.1. The molecule has 4 nitrogen and oxygen atoms in total. The second-order valence-corrected chi connectivity index (χ2v) is 4.07. The monoisotopic (exact) mass is 274 g/mol. The predicted octanol–water partition coefficient (Wildman–Crippen LogP) is -5.60. The van der Waals surface area contributed by atoms with Crippen LogP contribution >= 0.6 is 0 Å². The van der Waals surface area contributed by atoms with Gasteiger partial charge in [0.2, 0.25) is 0 Å². The zero-order chi connectivity index (χ0) is 12.2. The molecule has 0 aromatic heterocycles. The molecular weight excluding hydrogens is 254 g/mol. The van der Waals surface area contributed by atoms with Gasteiger partial charge in [-0.15, -0.1) is 0 Å². The molecular formula is C12H20Na2O4. The Balaban J connectivity index is -0.00000112. The fourth-order valence-corrected chi connectivity index (χ4v) is 1.60. The summed E-state index contributed by atoms with van der Waals surface area (Å²) in [6.45, 7) is 0. The summed E-state index contributed by atoms with van der Waals surface area (Å²) in [5.41, 5.74) is 0. The molecule has 0 aromatic carbocycles. The van der Waals surface area contributed by atoms with E-state index in [0.29, 0.717) is 12.8 Å². The molecule has 0 saturated heterocycles. The summed E-state index contributed by atoms with van der Waals surface area (Å²) in [4.78, 5) is 20.2. The quantitative estimate of drug-likeness (QED) is 0.278. The normalized spacial score (nSPS) is 9.11. The van der Waals surface area contributed by atoms with Gasteiger partial charge in [0.25, 0.3) is 0 Å². The summed E-state index contributed by atoms with van der Waals surface area (Å²) in [7, 11) is 0. The van der Waals surface area contributed by atoms with Crippen LogP contribution in [0.3, 0.4) is 0 Å². The van der Waals surface area contributed by atoms with E-state index in [4.69, 9.17) is 0 Å². The molecule has 0 aliphatic heterocycles. The summed E-state index contributed by atoms with van der Waals surface area (Å²) in [6.07, 6.45) is 7.88. The summed E-state index contributed by atoms with van der Waals surface area (Å²) in [6, 6.07) is 0. The molecule has 6 heteroatoms. The maximum absolute atomic E-state index is 10.1. The van der Waals surface area contributed by atoms with Crippen LogP contribution in [0.5, 0.6) is 0 Å². The van der Waals surface area contributed by atoms with Gasteiger partial charge in [0.15, 0.2) is 0 Å². The molecule has 0 amide bonds. The van der Waals surface area contributed by atoms with Crippen molar-refractivity contribution in [2.24, 2.45) is 0 Å². The van der Waals surface area contributed by atoms with Crippen LogP contribution in [0.15, 0.2) is 0 Å². The molecule has 18 heavy (non-hydrogen) atoms. The number of hydrogen-bond donors (Lipinski definition) is 0. The zero-order valence-corrected chi connectivity index (χ0v) is 15.7. The van der Waals surface area contributed by atoms with E-state index in [2.05, 4.69) is 0 Å². The molecule has 0 atom stereocenters. The average Bonchev–Trinajstić information content (AvgIpc) is 2.20. The number of carboxylic acid groups (broad SMARTS) is 2. The predicted molar refractivity (Wildman–Crippen MR) is 56.2 cm³/mol. The number of carbonyl (C=O) groups is 2. The Bertz CT molecular complexity index is 188. The van der Waals surface area contributed by atoms with E-state index >= 15 is 0 Å². The van der Waals surface area contributed by atoms with Crippen LogP contribution in [-0.4, -0.2) is 11.9 Å². The van der Waals surface area contributed by atoms with Crippen LogP contribution < -0.4 is 69.3 Å². The van der Waals surface area contributed by atoms with Gasteiger partial charge in [-0.1, -0.05) is 38.5 Å². The Morgan fingerprint density at radius 2 is 0.778 bits per heavy atom. The van der Waals surface area contributed by atoms with Crippen molar-refractivity contribution in [2.75, 3.05) is 0 Å². The first kappa shape index (κ1) is 24.0. The molecule has 0 rings (SSSR count). The van der Waals surface area contributed by atoms with Crippen molar-refractivity contribution in [3.63, 3.8) is 0 Å². The molecule has 0 heterocycles. The minimum absolute atomic E-state index is 0. The third-order valence-corrected chi connectivity index (χ3v) is 2.51. The number of hydrogen-bond acceptors (Lipinski definition) is 4. The van der Waals surface area contributed by atoms with E-state index in [1.54, 1.807) is 0 Å². The van der Waals surface area contributed by atoms with Crippen molar-refractivity contribution in [2.45, 2.75) is 64.2 Å². The third-order valence-electron chi connectivity index (χ3n) is 2.51. The van der Waals surface area contributed by atoms with Gasteiger partial charge in [-0.25, -0.2) is 0 Å². The first-order valence-electron chi connectivity index (χ1n) is 6.02. The summed E-state index contributed by atoms with van der Waals surface area (Å²) in [5, 5.41) is 20.2. The number of carboxylic acids is 2. The summed E-state index contributed by atoms with van der Waals surface area (Å²) < 4.78 is 0. The molecule has 0 saturated carbocycles. The van der Waals surface area contributed by atoms with Crippen molar-refractivity contribution in [3.8, 4) is 0 Å². The average molecular weight is 274 g/mol. The molecule has 0 aromatic rings. The van der Waals surface area contributed by atoms with Crippen molar-refractivity contribution in [1.82, 2.24) is 0 Å². The van der Waals surface area contributed by atoms with Gasteiger partial charge >= 0.3 is 59.1 Å². The maximum Gasteiger partial charge on any atom is 1.00 e. The van der Waals surface area contributed by atoms with Crippen molar-refractivity contribution in [3.05, 3.63) is 0 Å². The van der Waals surface area contributed by atoms with Gasteiger partial charge in [0.1, 0.15) is 0 Å². The number of rotatable bonds is 11. The van der Waals surface area contributed by atoms with E-state index in [1.807, 2.05) is 0 Å². The molecule has 0 aliphatic rings. The smallest absolute Gasteiger partial charge is 0.550 e. The number of carbonyl (C=O) groups excluding carboxylic acids is 2. The Morgan fingerprint density at radius 1 is 0.556 bits per heavy atom. The van der Waals surface area contributed by atoms with E-state index in [-0.39, 0.29) is 72.0 Å². The SMILES string of the molecule is O=C([O-])CCCCCCCCCCC(=O)[O-].[Na+].[Na+]. The molecule has 0 radical (unpaired) electrons. The Hall–Kier alpha value is 0.940. The van der Waals surface area contributed by atoms with E-state index in [1.165, 1.54) is 0 Å². The van der Waals surface area contributed by atoms with Crippen molar-refractivity contribution >= 4 is 11.9 Å². The zero-order valence-electron chi connectivity index (χ0n) is 11.7. The van der Waals surface area contributed by atoms with Crippen LogP contribution in [0.4, 0.5) is 0 Å². The molecule has 0 aliphatic carbocycles. The topological polar surface area (TPSA) is 80.3 Å². The maximum atomic E-state index is 10.1. The standard InChI is InChI=1S/C12H22O4.2Na/c13-11(14)9-7-5-3-1-2-4-6-8-10-12(15)16;;/h1-10H2,(H,13,14)(H,15,16);;/q;2*+1/p-2. The molecule has 0 unspecified atom stereocenters. The second-order valence-electron chi connectivity index (χ2n) is 4.07. The second kappa shape index (κ2) is 17.9.